The first-order valence-corrected chi connectivity index (χ1v) is 7.48. The molecular weight excluding hydrogens is 252 g/mol. The topological polar surface area (TPSA) is 67.2 Å². The van der Waals surface area contributed by atoms with Crippen molar-refractivity contribution < 1.29 is 8.42 Å². The van der Waals surface area contributed by atoms with E-state index in [4.69, 9.17) is 0 Å². The van der Waals surface area contributed by atoms with Crippen LogP contribution in [0.25, 0.3) is 0 Å². The molecule has 1 N–H and O–H groups in total. The Hall–Kier alpha value is -0.920. The maximum Gasteiger partial charge on any atom is 0.246 e. The van der Waals surface area contributed by atoms with Gasteiger partial charge >= 0.3 is 0 Å². The van der Waals surface area contributed by atoms with Crippen molar-refractivity contribution in [3.8, 4) is 0 Å². The molecule has 0 aromatic carbocycles. The molecule has 2 rings (SSSR count). The normalized spacial score (nSPS) is 20.8. The maximum atomic E-state index is 12.6. The third-order valence-corrected chi connectivity index (χ3v) is 5.79. The second kappa shape index (κ2) is 4.64. The summed E-state index contributed by atoms with van der Waals surface area (Å²) in [6.07, 6.45) is 0.855. The lowest BCUT2D eigenvalue weighted by Crippen LogP contribution is -2.38. The smallest absolute Gasteiger partial charge is 0.246 e. The van der Waals surface area contributed by atoms with Gasteiger partial charge in [-0.3, -0.25) is 4.68 Å². The third kappa shape index (κ3) is 2.06. The third-order valence-electron chi connectivity index (χ3n) is 3.63. The van der Waals surface area contributed by atoms with Crippen molar-refractivity contribution in [1.82, 2.24) is 19.4 Å². The molecule has 0 spiro atoms. The molecule has 2 heterocycles. The minimum atomic E-state index is -3.45. The van der Waals surface area contributed by atoms with E-state index in [2.05, 4.69) is 10.4 Å². The molecule has 0 amide bonds. The van der Waals surface area contributed by atoms with E-state index in [-0.39, 0.29) is 6.04 Å². The molecule has 18 heavy (non-hydrogen) atoms. The van der Waals surface area contributed by atoms with Crippen molar-refractivity contribution in [2.24, 2.45) is 7.05 Å². The summed E-state index contributed by atoms with van der Waals surface area (Å²) in [5.74, 6) is 0. The fourth-order valence-electron chi connectivity index (χ4n) is 2.42. The highest BCUT2D eigenvalue weighted by Crippen LogP contribution is 2.24. The number of likely N-dealkylation sites (N-methyl/N-ethyl adjacent to an activating group) is 1. The van der Waals surface area contributed by atoms with Crippen molar-refractivity contribution >= 4 is 10.0 Å². The van der Waals surface area contributed by atoms with Gasteiger partial charge in [-0.2, -0.15) is 9.40 Å². The fourth-order valence-corrected chi connectivity index (χ4v) is 4.20. The molecule has 0 aliphatic carbocycles. The van der Waals surface area contributed by atoms with Crippen LogP contribution in [-0.2, 0) is 17.1 Å². The van der Waals surface area contributed by atoms with Gasteiger partial charge in [-0.05, 0) is 26.8 Å². The predicted octanol–water partition coefficient (Wildman–Crippen LogP) is 0.0193. The number of sulfonamides is 1. The molecule has 1 fully saturated rings. The molecule has 0 saturated carbocycles. The number of hydrogen-bond acceptors (Lipinski definition) is 4. The Morgan fingerprint density at radius 1 is 1.44 bits per heavy atom. The molecule has 7 heteroatoms. The van der Waals surface area contributed by atoms with Crippen molar-refractivity contribution in [2.75, 3.05) is 20.1 Å². The van der Waals surface area contributed by atoms with E-state index in [1.165, 1.54) is 4.31 Å². The fraction of sp³-hybridized carbons (Fsp3) is 0.727. The van der Waals surface area contributed by atoms with Crippen molar-refractivity contribution in [2.45, 2.75) is 31.2 Å². The minimum absolute atomic E-state index is 0.0361. The van der Waals surface area contributed by atoms with E-state index in [1.807, 2.05) is 0 Å². The molecule has 6 nitrogen and oxygen atoms in total. The first-order valence-electron chi connectivity index (χ1n) is 6.04. The van der Waals surface area contributed by atoms with Crippen LogP contribution in [0.1, 0.15) is 17.8 Å². The Labute approximate surface area is 108 Å². The van der Waals surface area contributed by atoms with Crippen LogP contribution in [0.3, 0.4) is 0 Å². The van der Waals surface area contributed by atoms with Crippen LogP contribution in [0.2, 0.25) is 0 Å². The maximum absolute atomic E-state index is 12.6. The number of nitrogens with zero attached hydrogens (tertiary/aromatic N) is 3. The lowest BCUT2D eigenvalue weighted by Gasteiger charge is -2.23. The summed E-state index contributed by atoms with van der Waals surface area (Å²) in [6.45, 7) is 5.11. The monoisotopic (exact) mass is 272 g/mol. The summed E-state index contributed by atoms with van der Waals surface area (Å²) in [4.78, 5) is 0.347. The van der Waals surface area contributed by atoms with Gasteiger partial charge in [0.25, 0.3) is 0 Å². The highest BCUT2D eigenvalue weighted by atomic mass is 32.2. The SMILES string of the molecule is Cc1nn(C)c(C)c1S(=O)(=O)N(C)[C@@H]1CCNC1. The van der Waals surface area contributed by atoms with Gasteiger partial charge in [0.05, 0.1) is 11.4 Å². The van der Waals surface area contributed by atoms with Gasteiger partial charge in [0.1, 0.15) is 4.90 Å². The van der Waals surface area contributed by atoms with E-state index in [0.717, 1.165) is 13.0 Å². The number of aryl methyl sites for hydroxylation is 2. The Bertz CT molecular complexity index is 544. The molecule has 1 saturated heterocycles. The van der Waals surface area contributed by atoms with Crippen LogP contribution in [0.15, 0.2) is 4.90 Å². The van der Waals surface area contributed by atoms with Crippen LogP contribution < -0.4 is 5.32 Å². The average Bonchev–Trinajstić information content (AvgIpc) is 2.87. The first kappa shape index (κ1) is 13.5. The molecule has 1 aromatic heterocycles. The summed E-state index contributed by atoms with van der Waals surface area (Å²) in [6, 6.07) is 0.0361. The highest BCUT2D eigenvalue weighted by Gasteiger charge is 2.33. The minimum Gasteiger partial charge on any atom is -0.315 e. The second-order valence-electron chi connectivity index (χ2n) is 4.79. The molecule has 102 valence electrons. The quantitative estimate of drug-likeness (QED) is 0.842. The van der Waals surface area contributed by atoms with Gasteiger partial charge in [-0.15, -0.1) is 0 Å². The number of aromatic nitrogens is 2. The van der Waals surface area contributed by atoms with E-state index in [0.29, 0.717) is 22.8 Å². The van der Waals surface area contributed by atoms with Crippen molar-refractivity contribution in [3.05, 3.63) is 11.4 Å². The lowest BCUT2D eigenvalue weighted by atomic mass is 10.3. The number of rotatable bonds is 3. The second-order valence-corrected chi connectivity index (χ2v) is 6.73. The van der Waals surface area contributed by atoms with Crippen LogP contribution >= 0.6 is 0 Å². The molecule has 1 atom stereocenters. The zero-order chi connectivity index (χ0) is 13.5. The van der Waals surface area contributed by atoms with E-state index < -0.39 is 10.0 Å². The summed E-state index contributed by atoms with van der Waals surface area (Å²) in [5, 5.41) is 7.37. The Morgan fingerprint density at radius 3 is 2.56 bits per heavy atom. The first-order chi connectivity index (χ1) is 8.35. The van der Waals surface area contributed by atoms with Crippen LogP contribution in [0.5, 0.6) is 0 Å². The van der Waals surface area contributed by atoms with Gasteiger partial charge < -0.3 is 5.32 Å². The van der Waals surface area contributed by atoms with Crippen molar-refractivity contribution in [1.29, 1.82) is 0 Å². The molecule has 0 bridgehead atoms. The summed E-state index contributed by atoms with van der Waals surface area (Å²) in [5.41, 5.74) is 1.25. The van der Waals surface area contributed by atoms with Gasteiger partial charge in [0.15, 0.2) is 0 Å². The Kier molecular flexibility index (Phi) is 3.48. The molecular formula is C11H20N4O2S. The largest absolute Gasteiger partial charge is 0.315 e. The summed E-state index contributed by atoms with van der Waals surface area (Å²) >= 11 is 0. The van der Waals surface area contributed by atoms with E-state index in [9.17, 15) is 8.42 Å². The molecule has 1 aliphatic heterocycles. The van der Waals surface area contributed by atoms with Crippen LogP contribution in [-0.4, -0.2) is 48.7 Å². The van der Waals surface area contributed by atoms with Gasteiger partial charge in [0, 0.05) is 26.7 Å². The van der Waals surface area contributed by atoms with Crippen LogP contribution in [0, 0.1) is 13.8 Å². The van der Waals surface area contributed by atoms with Crippen molar-refractivity contribution in [3.63, 3.8) is 0 Å². The van der Waals surface area contributed by atoms with Crippen LogP contribution in [0.4, 0.5) is 0 Å². The number of hydrogen-bond donors (Lipinski definition) is 1. The van der Waals surface area contributed by atoms with E-state index in [1.54, 1.807) is 32.6 Å². The lowest BCUT2D eigenvalue weighted by molar-refractivity contribution is 0.387. The zero-order valence-corrected chi connectivity index (χ0v) is 12.1. The standard InChI is InChI=1S/C11H20N4O2S/c1-8-11(9(2)14(3)13-8)18(16,17)15(4)10-5-6-12-7-10/h10,12H,5-7H2,1-4H3/t10-/m1/s1. The van der Waals surface area contributed by atoms with Gasteiger partial charge in [-0.1, -0.05) is 0 Å². The molecule has 1 aromatic rings. The van der Waals surface area contributed by atoms with E-state index >= 15 is 0 Å². The average molecular weight is 272 g/mol. The molecule has 1 aliphatic rings. The highest BCUT2D eigenvalue weighted by molar-refractivity contribution is 7.89. The number of nitrogens with one attached hydrogen (secondary N) is 1. The summed E-state index contributed by atoms with van der Waals surface area (Å²) < 4.78 is 28.3. The molecule has 0 unspecified atom stereocenters. The Morgan fingerprint density at radius 2 is 2.11 bits per heavy atom. The Balaban J connectivity index is 2.41. The van der Waals surface area contributed by atoms with Gasteiger partial charge in [0.2, 0.25) is 10.0 Å². The van der Waals surface area contributed by atoms with Gasteiger partial charge in [-0.25, -0.2) is 8.42 Å². The zero-order valence-electron chi connectivity index (χ0n) is 11.3. The molecule has 0 radical (unpaired) electrons. The predicted molar refractivity (Wildman–Crippen MR) is 68.9 cm³/mol. The summed E-state index contributed by atoms with van der Waals surface area (Å²) in [7, 11) is -0.0389.